The first-order valence-corrected chi connectivity index (χ1v) is 9.85. The molecule has 2 amide bonds. The predicted molar refractivity (Wildman–Crippen MR) is 114 cm³/mol. The molecule has 0 aromatic heterocycles. The van der Waals surface area contributed by atoms with Crippen LogP contribution in [0.1, 0.15) is 18.1 Å². The molecule has 0 saturated carbocycles. The maximum absolute atomic E-state index is 12.5. The Bertz CT molecular complexity index is 974. The third kappa shape index (κ3) is 5.45. The highest BCUT2D eigenvalue weighted by molar-refractivity contribution is 6.30. The van der Waals surface area contributed by atoms with Crippen molar-refractivity contribution < 1.29 is 23.8 Å². The summed E-state index contributed by atoms with van der Waals surface area (Å²) in [7, 11) is 1.52. The quantitative estimate of drug-likeness (QED) is 0.672. The molecule has 8 heteroatoms. The van der Waals surface area contributed by atoms with Gasteiger partial charge >= 0.3 is 0 Å². The number of rotatable bonds is 8. The molecule has 0 bridgehead atoms. The molecule has 2 N–H and O–H groups in total. The Morgan fingerprint density at radius 3 is 2.73 bits per heavy atom. The Kier molecular flexibility index (Phi) is 7.19. The minimum absolute atomic E-state index is 0.0973. The maximum Gasteiger partial charge on any atom is 0.257 e. The molecule has 0 aliphatic carbocycles. The number of carbonyl (C=O) groups is 2. The number of ether oxygens (including phenoxy) is 3. The summed E-state index contributed by atoms with van der Waals surface area (Å²) in [5.74, 6) is 1.20. The van der Waals surface area contributed by atoms with Gasteiger partial charge in [-0.3, -0.25) is 9.59 Å². The Hall–Kier alpha value is -3.19. The third-order valence-electron chi connectivity index (χ3n) is 4.39. The van der Waals surface area contributed by atoms with Gasteiger partial charge in [0.25, 0.3) is 11.8 Å². The molecule has 1 aliphatic heterocycles. The molecule has 1 aliphatic rings. The first kappa shape index (κ1) is 21.5. The van der Waals surface area contributed by atoms with E-state index in [1.807, 2.05) is 6.92 Å². The molecule has 0 saturated heterocycles. The van der Waals surface area contributed by atoms with Crippen LogP contribution in [0, 0.1) is 0 Å². The first-order valence-electron chi connectivity index (χ1n) is 9.47. The molecule has 1 heterocycles. The van der Waals surface area contributed by atoms with E-state index in [2.05, 4.69) is 10.6 Å². The predicted octanol–water partition coefficient (Wildman–Crippen LogP) is 2.96. The van der Waals surface area contributed by atoms with E-state index in [0.29, 0.717) is 40.9 Å². The van der Waals surface area contributed by atoms with Crippen LogP contribution in [0.5, 0.6) is 17.2 Å². The van der Waals surface area contributed by atoms with Crippen LogP contribution in [0.2, 0.25) is 5.02 Å². The highest BCUT2D eigenvalue weighted by Crippen LogP contribution is 2.30. The van der Waals surface area contributed by atoms with Crippen molar-refractivity contribution in [1.82, 2.24) is 10.6 Å². The number of nitrogens with one attached hydrogen (secondary N) is 2. The Morgan fingerprint density at radius 2 is 1.97 bits per heavy atom. The lowest BCUT2D eigenvalue weighted by molar-refractivity contribution is -0.123. The van der Waals surface area contributed by atoms with Crippen molar-refractivity contribution in [3.63, 3.8) is 0 Å². The van der Waals surface area contributed by atoms with Crippen molar-refractivity contribution in [3.05, 3.63) is 58.1 Å². The summed E-state index contributed by atoms with van der Waals surface area (Å²) in [6, 6.07) is 10.6. The van der Waals surface area contributed by atoms with Gasteiger partial charge < -0.3 is 24.8 Å². The largest absolute Gasteiger partial charge is 0.493 e. The number of amides is 2. The zero-order chi connectivity index (χ0) is 21.5. The summed E-state index contributed by atoms with van der Waals surface area (Å²) in [6.07, 6.45) is 1.78. The van der Waals surface area contributed by atoms with Crippen LogP contribution in [-0.2, 0) is 16.1 Å². The van der Waals surface area contributed by atoms with Crippen molar-refractivity contribution in [1.29, 1.82) is 0 Å². The van der Waals surface area contributed by atoms with E-state index in [9.17, 15) is 9.59 Å². The lowest BCUT2D eigenvalue weighted by atomic mass is 10.1. The molecule has 0 atom stereocenters. The van der Waals surface area contributed by atoms with Gasteiger partial charge in [-0.25, -0.2) is 0 Å². The molecule has 3 rings (SSSR count). The van der Waals surface area contributed by atoms with Gasteiger partial charge in [0.15, 0.2) is 18.1 Å². The smallest absolute Gasteiger partial charge is 0.257 e. The molecule has 2 aromatic rings. The standard InChI is InChI=1S/C22H23ClN2O5/c1-3-24-21(26)13-30-19-6-4-14(8-20(19)28-2)11-25-22(27)16-9-15-10-17(23)5-7-18(15)29-12-16/h4-10H,3,11-13H2,1-2H3,(H,24,26)(H,25,27). The topological polar surface area (TPSA) is 85.9 Å². The van der Waals surface area contributed by atoms with Crippen molar-refractivity contribution in [2.75, 3.05) is 26.9 Å². The van der Waals surface area contributed by atoms with Gasteiger partial charge in [0.05, 0.1) is 12.7 Å². The first-order chi connectivity index (χ1) is 14.5. The van der Waals surface area contributed by atoms with Gasteiger partial charge in [-0.05, 0) is 48.9 Å². The van der Waals surface area contributed by atoms with Gasteiger partial charge in [0, 0.05) is 23.7 Å². The van der Waals surface area contributed by atoms with Crippen LogP contribution in [-0.4, -0.2) is 38.7 Å². The molecule has 0 radical (unpaired) electrons. The summed E-state index contributed by atoms with van der Waals surface area (Å²) in [4.78, 5) is 24.1. The number of hydrogen-bond acceptors (Lipinski definition) is 5. The molecule has 158 valence electrons. The molecule has 0 fully saturated rings. The number of carbonyl (C=O) groups excluding carboxylic acids is 2. The van der Waals surface area contributed by atoms with Crippen molar-refractivity contribution in [2.45, 2.75) is 13.5 Å². The average Bonchev–Trinajstić information content (AvgIpc) is 2.75. The minimum Gasteiger partial charge on any atom is -0.493 e. The molecular weight excluding hydrogens is 408 g/mol. The van der Waals surface area contributed by atoms with Gasteiger partial charge in [-0.1, -0.05) is 17.7 Å². The Morgan fingerprint density at radius 1 is 1.13 bits per heavy atom. The summed E-state index contributed by atoms with van der Waals surface area (Å²) in [5.41, 5.74) is 2.11. The zero-order valence-corrected chi connectivity index (χ0v) is 17.5. The maximum atomic E-state index is 12.5. The SMILES string of the molecule is CCNC(=O)COc1ccc(CNC(=O)C2=Cc3cc(Cl)ccc3OC2)cc1OC. The van der Waals surface area contributed by atoms with Crippen LogP contribution in [0.15, 0.2) is 42.0 Å². The number of benzene rings is 2. The van der Waals surface area contributed by atoms with E-state index in [0.717, 1.165) is 11.1 Å². The highest BCUT2D eigenvalue weighted by Gasteiger charge is 2.17. The van der Waals surface area contributed by atoms with Crippen LogP contribution >= 0.6 is 11.6 Å². The second-order valence-electron chi connectivity index (χ2n) is 6.55. The average molecular weight is 431 g/mol. The molecule has 0 spiro atoms. The van der Waals surface area contributed by atoms with Crippen LogP contribution < -0.4 is 24.8 Å². The summed E-state index contributed by atoms with van der Waals surface area (Å²) in [5, 5.41) is 6.11. The van der Waals surface area contributed by atoms with Gasteiger partial charge in [-0.2, -0.15) is 0 Å². The second-order valence-corrected chi connectivity index (χ2v) is 6.99. The highest BCUT2D eigenvalue weighted by atomic mass is 35.5. The Labute approximate surface area is 180 Å². The monoisotopic (exact) mass is 430 g/mol. The molecule has 30 heavy (non-hydrogen) atoms. The van der Waals surface area contributed by atoms with Crippen molar-refractivity contribution in [2.24, 2.45) is 0 Å². The van der Waals surface area contributed by atoms with Gasteiger partial charge in [0.1, 0.15) is 12.4 Å². The fourth-order valence-corrected chi connectivity index (χ4v) is 3.09. The fourth-order valence-electron chi connectivity index (χ4n) is 2.91. The van der Waals surface area contributed by atoms with Crippen molar-refractivity contribution >= 4 is 29.5 Å². The number of methoxy groups -OCH3 is 1. The van der Waals surface area contributed by atoms with Crippen LogP contribution in [0.25, 0.3) is 6.08 Å². The van der Waals surface area contributed by atoms with E-state index >= 15 is 0 Å². The van der Waals surface area contributed by atoms with E-state index in [1.165, 1.54) is 7.11 Å². The number of halogens is 1. The van der Waals surface area contributed by atoms with Gasteiger partial charge in [0.2, 0.25) is 0 Å². The fraction of sp³-hybridized carbons (Fsp3) is 0.273. The lowest BCUT2D eigenvalue weighted by Crippen LogP contribution is -2.28. The zero-order valence-electron chi connectivity index (χ0n) is 16.8. The lowest BCUT2D eigenvalue weighted by Gasteiger charge is -2.18. The number of likely N-dealkylation sites (N-methyl/N-ethyl adjacent to an activating group) is 1. The van der Waals surface area contributed by atoms with E-state index in [-0.39, 0.29) is 25.0 Å². The minimum atomic E-state index is -0.226. The van der Waals surface area contributed by atoms with E-state index < -0.39 is 0 Å². The summed E-state index contributed by atoms with van der Waals surface area (Å²) < 4.78 is 16.5. The summed E-state index contributed by atoms with van der Waals surface area (Å²) >= 11 is 6.01. The van der Waals surface area contributed by atoms with E-state index in [1.54, 1.807) is 42.5 Å². The third-order valence-corrected chi connectivity index (χ3v) is 4.63. The number of hydrogen-bond donors (Lipinski definition) is 2. The van der Waals surface area contributed by atoms with Crippen LogP contribution in [0.4, 0.5) is 0 Å². The second kappa shape index (κ2) is 10.0. The van der Waals surface area contributed by atoms with E-state index in [4.69, 9.17) is 25.8 Å². The van der Waals surface area contributed by atoms with Crippen LogP contribution in [0.3, 0.4) is 0 Å². The molecule has 2 aromatic carbocycles. The van der Waals surface area contributed by atoms with Crippen molar-refractivity contribution in [3.8, 4) is 17.2 Å². The molecular formula is C22H23ClN2O5. The molecule has 7 nitrogen and oxygen atoms in total. The Balaban J connectivity index is 1.61. The van der Waals surface area contributed by atoms with Gasteiger partial charge in [-0.15, -0.1) is 0 Å². The molecule has 0 unspecified atom stereocenters. The normalized spacial score (nSPS) is 12.2. The number of fused-ring (bicyclic) bond motifs is 1. The summed E-state index contributed by atoms with van der Waals surface area (Å²) in [6.45, 7) is 2.77.